The van der Waals surface area contributed by atoms with E-state index in [9.17, 15) is 0 Å². The molecule has 2 unspecified atom stereocenters. The highest BCUT2D eigenvalue weighted by molar-refractivity contribution is 4.82. The van der Waals surface area contributed by atoms with Gasteiger partial charge in [0, 0.05) is 12.6 Å². The SMILES string of the molecule is CCCNC1CCN(CCCN(C)C)CC1C. The van der Waals surface area contributed by atoms with E-state index in [0.29, 0.717) is 0 Å². The molecule has 1 aliphatic heterocycles. The van der Waals surface area contributed by atoms with Crippen LogP contribution in [0.4, 0.5) is 0 Å². The maximum Gasteiger partial charge on any atom is 0.0117 e. The first kappa shape index (κ1) is 14.9. The number of hydrogen-bond donors (Lipinski definition) is 1. The predicted octanol–water partition coefficient (Wildman–Crippen LogP) is 1.65. The fourth-order valence-electron chi connectivity index (χ4n) is 2.68. The van der Waals surface area contributed by atoms with Crippen LogP contribution in [-0.4, -0.2) is 62.7 Å². The zero-order chi connectivity index (χ0) is 12.7. The van der Waals surface area contributed by atoms with E-state index in [-0.39, 0.29) is 0 Å². The normalized spacial score (nSPS) is 26.6. The lowest BCUT2D eigenvalue weighted by molar-refractivity contribution is 0.143. The molecule has 2 atom stereocenters. The van der Waals surface area contributed by atoms with Crippen LogP contribution < -0.4 is 5.32 Å². The summed E-state index contributed by atoms with van der Waals surface area (Å²) in [5, 5.41) is 3.68. The molecule has 1 rings (SSSR count). The lowest BCUT2D eigenvalue weighted by Gasteiger charge is -2.37. The molecule has 3 nitrogen and oxygen atoms in total. The Morgan fingerprint density at radius 2 is 2.12 bits per heavy atom. The zero-order valence-corrected chi connectivity index (χ0v) is 12.2. The van der Waals surface area contributed by atoms with E-state index >= 15 is 0 Å². The van der Waals surface area contributed by atoms with Crippen LogP contribution in [0, 0.1) is 5.92 Å². The Morgan fingerprint density at radius 3 is 2.71 bits per heavy atom. The summed E-state index contributed by atoms with van der Waals surface area (Å²) in [5.74, 6) is 0.801. The lowest BCUT2D eigenvalue weighted by atomic mass is 9.93. The molecule has 0 aromatic heterocycles. The fraction of sp³-hybridized carbons (Fsp3) is 1.00. The minimum absolute atomic E-state index is 0.750. The molecule has 0 amide bonds. The maximum atomic E-state index is 3.68. The van der Waals surface area contributed by atoms with Crippen LogP contribution in [0.3, 0.4) is 0 Å². The molecule has 17 heavy (non-hydrogen) atoms. The van der Waals surface area contributed by atoms with Gasteiger partial charge in [-0.2, -0.15) is 0 Å². The topological polar surface area (TPSA) is 18.5 Å². The Bertz CT molecular complexity index is 194. The van der Waals surface area contributed by atoms with Gasteiger partial charge in [0.05, 0.1) is 0 Å². The van der Waals surface area contributed by atoms with Crippen molar-refractivity contribution in [1.29, 1.82) is 0 Å². The van der Waals surface area contributed by atoms with Crippen molar-refractivity contribution in [3.05, 3.63) is 0 Å². The molecular weight excluding hydrogens is 210 g/mol. The highest BCUT2D eigenvalue weighted by atomic mass is 15.2. The second kappa shape index (κ2) is 8.06. The van der Waals surface area contributed by atoms with Gasteiger partial charge in [-0.05, 0) is 65.5 Å². The van der Waals surface area contributed by atoms with Crippen LogP contribution >= 0.6 is 0 Å². The number of likely N-dealkylation sites (tertiary alicyclic amines) is 1. The van der Waals surface area contributed by atoms with E-state index in [1.54, 1.807) is 0 Å². The number of piperidine rings is 1. The van der Waals surface area contributed by atoms with Crippen molar-refractivity contribution in [1.82, 2.24) is 15.1 Å². The average Bonchev–Trinajstić information content (AvgIpc) is 2.27. The highest BCUT2D eigenvalue weighted by Gasteiger charge is 2.24. The van der Waals surface area contributed by atoms with Crippen LogP contribution in [0.15, 0.2) is 0 Å². The van der Waals surface area contributed by atoms with Crippen molar-refractivity contribution >= 4 is 0 Å². The standard InChI is InChI=1S/C14H31N3/c1-5-8-15-14-7-11-17(12-13(14)2)10-6-9-16(3)4/h13-15H,5-12H2,1-4H3. The average molecular weight is 241 g/mol. The van der Waals surface area contributed by atoms with E-state index in [2.05, 4.69) is 43.1 Å². The quantitative estimate of drug-likeness (QED) is 0.731. The molecule has 0 aromatic rings. The van der Waals surface area contributed by atoms with Gasteiger partial charge in [0.15, 0.2) is 0 Å². The van der Waals surface area contributed by atoms with E-state index in [1.165, 1.54) is 52.0 Å². The predicted molar refractivity (Wildman–Crippen MR) is 75.5 cm³/mol. The van der Waals surface area contributed by atoms with Gasteiger partial charge in [-0.1, -0.05) is 13.8 Å². The number of hydrogen-bond acceptors (Lipinski definition) is 3. The molecular formula is C14H31N3. The van der Waals surface area contributed by atoms with Crippen LogP contribution in [0.5, 0.6) is 0 Å². The van der Waals surface area contributed by atoms with E-state index in [1.807, 2.05) is 0 Å². The first-order chi connectivity index (χ1) is 8.13. The summed E-state index contributed by atoms with van der Waals surface area (Å²) in [5.41, 5.74) is 0. The monoisotopic (exact) mass is 241 g/mol. The Hall–Kier alpha value is -0.120. The van der Waals surface area contributed by atoms with Crippen molar-refractivity contribution in [2.24, 2.45) is 5.92 Å². The summed E-state index contributed by atoms with van der Waals surface area (Å²) in [6.07, 6.45) is 3.87. The Morgan fingerprint density at radius 1 is 1.35 bits per heavy atom. The van der Waals surface area contributed by atoms with E-state index in [0.717, 1.165) is 12.0 Å². The summed E-state index contributed by atoms with van der Waals surface area (Å²) in [4.78, 5) is 4.91. The minimum atomic E-state index is 0.750. The molecule has 1 N–H and O–H groups in total. The van der Waals surface area contributed by atoms with Gasteiger partial charge < -0.3 is 15.1 Å². The molecule has 1 fully saturated rings. The second-order valence-corrected chi connectivity index (χ2v) is 5.78. The number of nitrogens with one attached hydrogen (secondary N) is 1. The van der Waals surface area contributed by atoms with Crippen LogP contribution in [0.2, 0.25) is 0 Å². The maximum absolute atomic E-state index is 3.68. The van der Waals surface area contributed by atoms with Crippen molar-refractivity contribution in [3.8, 4) is 0 Å². The summed E-state index contributed by atoms with van der Waals surface area (Å²) >= 11 is 0. The fourth-order valence-corrected chi connectivity index (χ4v) is 2.68. The van der Waals surface area contributed by atoms with Crippen molar-refractivity contribution in [2.75, 3.05) is 46.8 Å². The van der Waals surface area contributed by atoms with Gasteiger partial charge in [-0.3, -0.25) is 0 Å². The van der Waals surface area contributed by atoms with Gasteiger partial charge in [0.2, 0.25) is 0 Å². The first-order valence-electron chi connectivity index (χ1n) is 7.24. The molecule has 0 aliphatic carbocycles. The van der Waals surface area contributed by atoms with E-state index in [4.69, 9.17) is 0 Å². The summed E-state index contributed by atoms with van der Waals surface area (Å²) in [6, 6.07) is 0.750. The van der Waals surface area contributed by atoms with Gasteiger partial charge in [0.1, 0.15) is 0 Å². The molecule has 1 heterocycles. The second-order valence-electron chi connectivity index (χ2n) is 5.78. The summed E-state index contributed by atoms with van der Waals surface area (Å²) in [6.45, 7) is 10.8. The molecule has 102 valence electrons. The van der Waals surface area contributed by atoms with Gasteiger partial charge in [0.25, 0.3) is 0 Å². The van der Waals surface area contributed by atoms with Crippen LogP contribution in [0.25, 0.3) is 0 Å². The number of nitrogens with zero attached hydrogens (tertiary/aromatic N) is 2. The van der Waals surface area contributed by atoms with Crippen molar-refractivity contribution in [2.45, 2.75) is 39.2 Å². The third-order valence-corrected chi connectivity index (χ3v) is 3.73. The van der Waals surface area contributed by atoms with Gasteiger partial charge in [-0.25, -0.2) is 0 Å². The molecule has 0 bridgehead atoms. The Balaban J connectivity index is 2.17. The summed E-state index contributed by atoms with van der Waals surface area (Å²) < 4.78 is 0. The van der Waals surface area contributed by atoms with Crippen molar-refractivity contribution in [3.63, 3.8) is 0 Å². The lowest BCUT2D eigenvalue weighted by Crippen LogP contribution is -2.48. The molecule has 0 aromatic carbocycles. The third-order valence-electron chi connectivity index (χ3n) is 3.73. The Kier molecular flexibility index (Phi) is 7.09. The smallest absolute Gasteiger partial charge is 0.0117 e. The van der Waals surface area contributed by atoms with Crippen LogP contribution in [0.1, 0.15) is 33.1 Å². The summed E-state index contributed by atoms with van der Waals surface area (Å²) in [7, 11) is 4.31. The highest BCUT2D eigenvalue weighted by Crippen LogP contribution is 2.16. The molecule has 0 spiro atoms. The molecule has 0 radical (unpaired) electrons. The van der Waals surface area contributed by atoms with Gasteiger partial charge in [-0.15, -0.1) is 0 Å². The third kappa shape index (κ3) is 5.84. The zero-order valence-electron chi connectivity index (χ0n) is 12.2. The minimum Gasteiger partial charge on any atom is -0.314 e. The van der Waals surface area contributed by atoms with E-state index < -0.39 is 0 Å². The first-order valence-corrected chi connectivity index (χ1v) is 7.24. The Labute approximate surface area is 108 Å². The molecule has 0 saturated carbocycles. The van der Waals surface area contributed by atoms with Crippen molar-refractivity contribution < 1.29 is 0 Å². The molecule has 1 saturated heterocycles. The van der Waals surface area contributed by atoms with Crippen LogP contribution in [-0.2, 0) is 0 Å². The number of rotatable bonds is 7. The molecule has 1 aliphatic rings. The van der Waals surface area contributed by atoms with Gasteiger partial charge >= 0.3 is 0 Å². The largest absolute Gasteiger partial charge is 0.314 e. The molecule has 3 heteroatoms.